The molecule has 0 spiro atoms. The van der Waals surface area contributed by atoms with Crippen LogP contribution in [-0.4, -0.2) is 0 Å². The molecule has 0 saturated heterocycles. The van der Waals surface area contributed by atoms with E-state index in [0.29, 0.717) is 5.92 Å². The van der Waals surface area contributed by atoms with E-state index in [-0.39, 0.29) is 0 Å². The van der Waals surface area contributed by atoms with Crippen LogP contribution in [0.4, 0.5) is 0 Å². The van der Waals surface area contributed by atoms with Crippen LogP contribution in [-0.2, 0) is 0 Å². The van der Waals surface area contributed by atoms with Crippen molar-refractivity contribution in [3.05, 3.63) is 23.6 Å². The van der Waals surface area contributed by atoms with E-state index in [2.05, 4.69) is 31.9 Å². The van der Waals surface area contributed by atoms with Gasteiger partial charge in [0.05, 0.1) is 0 Å². The van der Waals surface area contributed by atoms with Gasteiger partial charge in [0.25, 0.3) is 0 Å². The first-order valence-electron chi connectivity index (χ1n) is 2.80. The molecule has 0 aromatic carbocycles. The summed E-state index contributed by atoms with van der Waals surface area (Å²) < 4.78 is 0. The van der Waals surface area contributed by atoms with Crippen LogP contribution in [0.1, 0.15) is 20.8 Å². The standard InChI is InChI=1S/C8H12/c1-5-6-8(4)7(2)3/h7H,1H2,2-4H3. The molecule has 0 radical (unpaired) electrons. The Morgan fingerprint density at radius 1 is 1.50 bits per heavy atom. The Balaban J connectivity index is 4.23. The van der Waals surface area contributed by atoms with E-state index in [9.17, 15) is 0 Å². The average molecular weight is 108 g/mol. The fraction of sp³-hybridized carbons (Fsp3) is 0.500. The highest BCUT2D eigenvalue weighted by atomic mass is 13.9. The Bertz CT molecular complexity index is 139. The summed E-state index contributed by atoms with van der Waals surface area (Å²) in [5.74, 6) is 0.573. The highest BCUT2D eigenvalue weighted by Gasteiger charge is 1.91. The van der Waals surface area contributed by atoms with Crippen molar-refractivity contribution < 1.29 is 0 Å². The van der Waals surface area contributed by atoms with Crippen molar-refractivity contribution in [3.8, 4) is 0 Å². The molecule has 0 rings (SSSR count). The van der Waals surface area contributed by atoms with Gasteiger partial charge in [0.1, 0.15) is 0 Å². The molecule has 0 fully saturated rings. The SMILES string of the molecule is C=C=C=C(C)C(C)C. The van der Waals surface area contributed by atoms with Crippen LogP contribution in [0, 0.1) is 5.92 Å². The minimum Gasteiger partial charge on any atom is -0.0782 e. The van der Waals surface area contributed by atoms with Crippen molar-refractivity contribution in [2.24, 2.45) is 5.92 Å². The number of hydrogen-bond acceptors (Lipinski definition) is 0. The summed E-state index contributed by atoms with van der Waals surface area (Å²) >= 11 is 0. The molecule has 0 heteroatoms. The highest BCUT2D eigenvalue weighted by Crippen LogP contribution is 2.04. The molecule has 0 bridgehead atoms. The zero-order valence-electron chi connectivity index (χ0n) is 5.78. The lowest BCUT2D eigenvalue weighted by atomic mass is 10.1. The van der Waals surface area contributed by atoms with Crippen molar-refractivity contribution >= 4 is 0 Å². The third kappa shape index (κ3) is 2.47. The van der Waals surface area contributed by atoms with Gasteiger partial charge in [0.2, 0.25) is 0 Å². The Morgan fingerprint density at radius 2 is 2.00 bits per heavy atom. The molecule has 0 nitrogen and oxygen atoms in total. The van der Waals surface area contributed by atoms with Crippen LogP contribution < -0.4 is 0 Å². The van der Waals surface area contributed by atoms with Gasteiger partial charge in [-0.05, 0) is 25.0 Å². The fourth-order valence-electron chi connectivity index (χ4n) is 0.284. The second-order valence-electron chi connectivity index (χ2n) is 2.14. The number of allylic oxidation sites excluding steroid dienone is 1. The highest BCUT2D eigenvalue weighted by molar-refractivity contribution is 4.98. The molecule has 0 unspecified atom stereocenters. The summed E-state index contributed by atoms with van der Waals surface area (Å²) in [4.78, 5) is 0. The Labute approximate surface area is 51.2 Å². The molecule has 0 saturated carbocycles. The smallest absolute Gasteiger partial charge is 0.0180 e. The summed E-state index contributed by atoms with van der Waals surface area (Å²) in [6.45, 7) is 9.71. The molecule has 0 aromatic rings. The fourth-order valence-corrected chi connectivity index (χ4v) is 0.284. The van der Waals surface area contributed by atoms with E-state index in [4.69, 9.17) is 0 Å². The molecule has 8 heavy (non-hydrogen) atoms. The zero-order chi connectivity index (χ0) is 6.57. The predicted octanol–water partition coefficient (Wildman–Crippen LogP) is 2.53. The molecule has 0 atom stereocenters. The molecule has 0 aliphatic heterocycles. The lowest BCUT2D eigenvalue weighted by Gasteiger charge is -1.96. The first-order chi connectivity index (χ1) is 3.68. The van der Waals surface area contributed by atoms with Gasteiger partial charge in [-0.2, -0.15) is 0 Å². The minimum absolute atomic E-state index is 0.573. The quantitative estimate of drug-likeness (QED) is 0.453. The summed E-state index contributed by atoms with van der Waals surface area (Å²) in [5.41, 5.74) is 6.72. The summed E-state index contributed by atoms with van der Waals surface area (Å²) in [6.07, 6.45) is 0. The Morgan fingerprint density at radius 3 is 2.12 bits per heavy atom. The molecule has 44 valence electrons. The third-order valence-corrected chi connectivity index (χ3v) is 1.15. The van der Waals surface area contributed by atoms with Crippen LogP contribution in [0.2, 0.25) is 0 Å². The van der Waals surface area contributed by atoms with Crippen LogP contribution in [0.25, 0.3) is 0 Å². The summed E-state index contributed by atoms with van der Waals surface area (Å²) in [6, 6.07) is 0. The van der Waals surface area contributed by atoms with E-state index in [0.717, 1.165) is 0 Å². The van der Waals surface area contributed by atoms with Crippen LogP contribution in [0.3, 0.4) is 0 Å². The van der Waals surface area contributed by atoms with Crippen LogP contribution in [0.15, 0.2) is 23.6 Å². The topological polar surface area (TPSA) is 0 Å². The minimum atomic E-state index is 0.573. The van der Waals surface area contributed by atoms with Gasteiger partial charge < -0.3 is 0 Å². The number of rotatable bonds is 1. The van der Waals surface area contributed by atoms with Gasteiger partial charge in [-0.15, -0.1) is 0 Å². The van der Waals surface area contributed by atoms with Gasteiger partial charge in [0.15, 0.2) is 0 Å². The normalized spacial score (nSPS) is 8.00. The van der Waals surface area contributed by atoms with E-state index >= 15 is 0 Å². The lowest BCUT2D eigenvalue weighted by Crippen LogP contribution is -1.84. The van der Waals surface area contributed by atoms with Gasteiger partial charge >= 0.3 is 0 Å². The van der Waals surface area contributed by atoms with E-state index in [1.54, 1.807) is 0 Å². The van der Waals surface area contributed by atoms with Crippen molar-refractivity contribution in [1.82, 2.24) is 0 Å². The predicted molar refractivity (Wildman–Crippen MR) is 36.7 cm³/mol. The molecular formula is C8H12. The largest absolute Gasteiger partial charge is 0.0782 e. The maximum absolute atomic E-state index is 3.43. The summed E-state index contributed by atoms with van der Waals surface area (Å²) in [7, 11) is 0. The molecule has 0 N–H and O–H groups in total. The summed E-state index contributed by atoms with van der Waals surface area (Å²) in [5, 5.41) is 0. The maximum atomic E-state index is 3.43. The van der Waals surface area contributed by atoms with Crippen molar-refractivity contribution in [3.63, 3.8) is 0 Å². The Kier molecular flexibility index (Phi) is 3.03. The van der Waals surface area contributed by atoms with E-state index < -0.39 is 0 Å². The second-order valence-corrected chi connectivity index (χ2v) is 2.14. The molecule has 0 heterocycles. The second kappa shape index (κ2) is 3.32. The van der Waals surface area contributed by atoms with Crippen molar-refractivity contribution in [2.45, 2.75) is 20.8 Å². The van der Waals surface area contributed by atoms with Crippen molar-refractivity contribution in [1.29, 1.82) is 0 Å². The van der Waals surface area contributed by atoms with Crippen LogP contribution >= 0.6 is 0 Å². The van der Waals surface area contributed by atoms with Gasteiger partial charge in [0, 0.05) is 0 Å². The van der Waals surface area contributed by atoms with Gasteiger partial charge in [-0.3, -0.25) is 0 Å². The van der Waals surface area contributed by atoms with E-state index in [1.807, 2.05) is 6.92 Å². The zero-order valence-corrected chi connectivity index (χ0v) is 5.78. The molecule has 0 aromatic heterocycles. The first kappa shape index (κ1) is 7.30. The average Bonchev–Trinajstić information content (AvgIpc) is 1.67. The van der Waals surface area contributed by atoms with E-state index in [1.165, 1.54) is 5.57 Å². The van der Waals surface area contributed by atoms with Crippen molar-refractivity contribution in [2.75, 3.05) is 0 Å². The molecule has 0 aliphatic rings. The molecule has 0 aliphatic carbocycles. The molecule has 0 amide bonds. The maximum Gasteiger partial charge on any atom is -0.0180 e. The number of hydrogen-bond donors (Lipinski definition) is 0. The molecular weight excluding hydrogens is 96.1 g/mol. The third-order valence-electron chi connectivity index (χ3n) is 1.15. The van der Waals surface area contributed by atoms with Gasteiger partial charge in [-0.25, -0.2) is 0 Å². The lowest BCUT2D eigenvalue weighted by molar-refractivity contribution is 0.772. The Hall–Kier alpha value is -0.700. The monoisotopic (exact) mass is 108 g/mol. The first-order valence-corrected chi connectivity index (χ1v) is 2.80. The van der Waals surface area contributed by atoms with Gasteiger partial charge in [-0.1, -0.05) is 25.3 Å². The van der Waals surface area contributed by atoms with Crippen LogP contribution in [0.5, 0.6) is 0 Å².